The average Bonchev–Trinajstić information content (AvgIpc) is 2.57. The largest absolute Gasteiger partial charge is 0.459 e. The molecule has 0 bridgehead atoms. The summed E-state index contributed by atoms with van der Waals surface area (Å²) in [6, 6.07) is 3.23. The van der Waals surface area contributed by atoms with Crippen molar-refractivity contribution in [3.63, 3.8) is 0 Å². The van der Waals surface area contributed by atoms with E-state index in [-0.39, 0.29) is 13.2 Å². The van der Waals surface area contributed by atoms with Crippen LogP contribution in [0.5, 0.6) is 0 Å². The molecular formula is C16H16BrN3O5. The highest BCUT2D eigenvalue weighted by Crippen LogP contribution is 2.30. The molecule has 0 saturated carbocycles. The summed E-state index contributed by atoms with van der Waals surface area (Å²) < 4.78 is 6.85. The van der Waals surface area contributed by atoms with E-state index in [1.807, 2.05) is 6.07 Å². The summed E-state index contributed by atoms with van der Waals surface area (Å²) >= 11 is 3.39. The topological polar surface area (TPSA) is 110 Å². The number of ether oxygens (including phenoxy) is 1. The molecule has 1 aromatic carbocycles. The van der Waals surface area contributed by atoms with Crippen molar-refractivity contribution in [1.82, 2.24) is 14.9 Å². The summed E-state index contributed by atoms with van der Waals surface area (Å²) in [6.45, 7) is 1.77. The molecule has 0 aliphatic carbocycles. The lowest BCUT2D eigenvalue weighted by Crippen LogP contribution is -2.44. The van der Waals surface area contributed by atoms with Crippen LogP contribution < -0.4 is 16.4 Å². The Labute approximate surface area is 150 Å². The number of aryl methyl sites for hydroxylation is 1. The summed E-state index contributed by atoms with van der Waals surface area (Å²) in [5.41, 5.74) is 0.738. The molecule has 1 aliphatic rings. The number of rotatable bonds is 3. The highest BCUT2D eigenvalue weighted by molar-refractivity contribution is 9.10. The molecule has 9 heteroatoms. The van der Waals surface area contributed by atoms with Crippen LogP contribution in [0.15, 0.2) is 26.2 Å². The van der Waals surface area contributed by atoms with Crippen LogP contribution in [-0.4, -0.2) is 34.6 Å². The Morgan fingerprint density at radius 2 is 2.16 bits per heavy atom. The molecule has 1 aliphatic heterocycles. The molecule has 2 aromatic rings. The first-order chi connectivity index (χ1) is 11.9. The van der Waals surface area contributed by atoms with Crippen molar-refractivity contribution in [2.75, 3.05) is 13.2 Å². The SMILES string of the molecule is CCOC(=O)C(=O)NCC1CCc2cc(Br)cc3[nH]c(=O)c(=O)n1c23. The molecule has 1 aromatic heterocycles. The monoisotopic (exact) mass is 409 g/mol. The van der Waals surface area contributed by atoms with Crippen LogP contribution in [0.4, 0.5) is 0 Å². The first-order valence-corrected chi connectivity index (χ1v) is 8.63. The van der Waals surface area contributed by atoms with E-state index >= 15 is 0 Å². The first kappa shape index (κ1) is 17.4. The molecule has 3 rings (SSSR count). The number of aromatic amines is 1. The van der Waals surface area contributed by atoms with Crippen LogP contribution in [0, 0.1) is 0 Å². The molecule has 8 nitrogen and oxygen atoms in total. The molecule has 25 heavy (non-hydrogen) atoms. The second-order valence-electron chi connectivity index (χ2n) is 5.71. The predicted octanol–water partition coefficient (Wildman–Crippen LogP) is 0.619. The first-order valence-electron chi connectivity index (χ1n) is 7.84. The third-order valence-electron chi connectivity index (χ3n) is 4.13. The normalized spacial score (nSPS) is 15.8. The maximum Gasteiger partial charge on any atom is 0.396 e. The van der Waals surface area contributed by atoms with Gasteiger partial charge in [-0.05, 0) is 37.5 Å². The average molecular weight is 410 g/mol. The molecule has 1 unspecified atom stereocenters. The number of carbonyl (C=O) groups excluding carboxylic acids is 2. The molecule has 0 radical (unpaired) electrons. The van der Waals surface area contributed by atoms with Crippen LogP contribution in [0.1, 0.15) is 24.9 Å². The Morgan fingerprint density at radius 3 is 2.88 bits per heavy atom. The zero-order chi connectivity index (χ0) is 18.1. The van der Waals surface area contributed by atoms with Gasteiger partial charge in [-0.1, -0.05) is 15.9 Å². The summed E-state index contributed by atoms with van der Waals surface area (Å²) in [6.07, 6.45) is 1.24. The Hall–Kier alpha value is -2.42. The molecule has 1 atom stereocenters. The summed E-state index contributed by atoms with van der Waals surface area (Å²) in [4.78, 5) is 50.1. The number of nitrogens with one attached hydrogen (secondary N) is 2. The zero-order valence-electron chi connectivity index (χ0n) is 13.4. The lowest BCUT2D eigenvalue weighted by molar-refractivity contribution is -0.154. The fourth-order valence-electron chi connectivity index (χ4n) is 3.09. The third kappa shape index (κ3) is 3.23. The Bertz CT molecular complexity index is 978. The number of carbonyl (C=O) groups is 2. The van der Waals surface area contributed by atoms with Gasteiger partial charge in [-0.2, -0.15) is 0 Å². The van der Waals surface area contributed by atoms with E-state index in [0.717, 1.165) is 10.0 Å². The lowest BCUT2D eigenvalue weighted by Gasteiger charge is -2.27. The minimum absolute atomic E-state index is 0.0611. The lowest BCUT2D eigenvalue weighted by atomic mass is 9.98. The Balaban J connectivity index is 1.98. The quantitative estimate of drug-likeness (QED) is 0.570. The van der Waals surface area contributed by atoms with Crippen LogP contribution in [0.2, 0.25) is 0 Å². The van der Waals surface area contributed by atoms with Crippen LogP contribution in [-0.2, 0) is 20.7 Å². The van der Waals surface area contributed by atoms with Crippen LogP contribution >= 0.6 is 15.9 Å². The number of nitrogens with zero attached hydrogens (tertiary/aromatic N) is 1. The summed E-state index contributed by atoms with van der Waals surface area (Å²) in [7, 11) is 0. The highest BCUT2D eigenvalue weighted by atomic mass is 79.9. The van der Waals surface area contributed by atoms with Gasteiger partial charge in [0.15, 0.2) is 0 Å². The van der Waals surface area contributed by atoms with Gasteiger partial charge < -0.3 is 15.0 Å². The molecule has 0 spiro atoms. The van der Waals surface area contributed by atoms with Crippen molar-refractivity contribution >= 4 is 38.8 Å². The second-order valence-corrected chi connectivity index (χ2v) is 6.63. The fourth-order valence-corrected chi connectivity index (χ4v) is 3.59. The molecule has 2 N–H and O–H groups in total. The Morgan fingerprint density at radius 1 is 1.40 bits per heavy atom. The van der Waals surface area contributed by atoms with E-state index in [1.165, 1.54) is 4.57 Å². The van der Waals surface area contributed by atoms with E-state index in [0.29, 0.717) is 23.9 Å². The van der Waals surface area contributed by atoms with Crippen molar-refractivity contribution in [3.05, 3.63) is 42.9 Å². The van der Waals surface area contributed by atoms with Gasteiger partial charge in [0.25, 0.3) is 0 Å². The molecule has 1 amide bonds. The number of amides is 1. The number of halogens is 1. The van der Waals surface area contributed by atoms with Gasteiger partial charge in [0.2, 0.25) is 0 Å². The van der Waals surface area contributed by atoms with Gasteiger partial charge in [0, 0.05) is 11.0 Å². The van der Waals surface area contributed by atoms with Crippen LogP contribution in [0.3, 0.4) is 0 Å². The van der Waals surface area contributed by atoms with Gasteiger partial charge in [-0.25, -0.2) is 4.79 Å². The maximum absolute atomic E-state index is 12.4. The summed E-state index contributed by atoms with van der Waals surface area (Å²) in [5.74, 6) is -1.83. The molecule has 0 saturated heterocycles. The van der Waals surface area contributed by atoms with Gasteiger partial charge in [0.05, 0.1) is 23.7 Å². The van der Waals surface area contributed by atoms with Gasteiger partial charge in [0.1, 0.15) is 0 Å². The predicted molar refractivity (Wildman–Crippen MR) is 93.5 cm³/mol. The Kier molecular flexibility index (Phi) is 4.76. The number of benzene rings is 1. The molecular weight excluding hydrogens is 394 g/mol. The molecule has 0 fully saturated rings. The molecule has 2 heterocycles. The zero-order valence-corrected chi connectivity index (χ0v) is 15.0. The minimum Gasteiger partial charge on any atom is -0.459 e. The number of hydrogen-bond acceptors (Lipinski definition) is 5. The van der Waals surface area contributed by atoms with Crippen molar-refractivity contribution in [2.45, 2.75) is 25.8 Å². The van der Waals surface area contributed by atoms with Gasteiger partial charge in [-0.15, -0.1) is 0 Å². The van der Waals surface area contributed by atoms with Crippen LogP contribution in [0.25, 0.3) is 11.0 Å². The standard InChI is InChI=1S/C16H16BrN3O5/c1-2-25-16(24)14(22)18-7-10-4-3-8-5-9(17)6-11-12(8)20(10)15(23)13(21)19-11/h5-6,10H,2-4,7H2,1H3,(H,18,22)(H,19,21). The van der Waals surface area contributed by atoms with Crippen molar-refractivity contribution in [3.8, 4) is 0 Å². The minimum atomic E-state index is -0.967. The van der Waals surface area contributed by atoms with Gasteiger partial charge >= 0.3 is 23.0 Å². The van der Waals surface area contributed by atoms with E-state index in [9.17, 15) is 19.2 Å². The van der Waals surface area contributed by atoms with Gasteiger partial charge in [-0.3, -0.25) is 19.0 Å². The van der Waals surface area contributed by atoms with E-state index < -0.39 is 29.0 Å². The second kappa shape index (κ2) is 6.83. The highest BCUT2D eigenvalue weighted by Gasteiger charge is 2.26. The van der Waals surface area contributed by atoms with E-state index in [2.05, 4.69) is 31.0 Å². The fraction of sp³-hybridized carbons (Fsp3) is 0.375. The van der Waals surface area contributed by atoms with E-state index in [1.54, 1.807) is 13.0 Å². The maximum atomic E-state index is 12.4. The summed E-state index contributed by atoms with van der Waals surface area (Å²) in [5, 5.41) is 2.47. The smallest absolute Gasteiger partial charge is 0.396 e. The van der Waals surface area contributed by atoms with Crippen molar-refractivity contribution in [2.24, 2.45) is 0 Å². The number of aromatic nitrogens is 2. The number of H-pyrrole nitrogens is 1. The molecule has 132 valence electrons. The van der Waals surface area contributed by atoms with Crippen molar-refractivity contribution in [1.29, 1.82) is 0 Å². The van der Waals surface area contributed by atoms with E-state index in [4.69, 9.17) is 0 Å². The van der Waals surface area contributed by atoms with Crippen molar-refractivity contribution < 1.29 is 14.3 Å². The third-order valence-corrected chi connectivity index (χ3v) is 4.58. The number of hydrogen-bond donors (Lipinski definition) is 2. The number of esters is 1.